The van der Waals surface area contributed by atoms with Crippen molar-refractivity contribution in [1.29, 1.82) is 0 Å². The number of hydrogen-bond donors (Lipinski definition) is 2. The second kappa shape index (κ2) is 11.8. The largest absolute Gasteiger partial charge is 0.490 e. The molecule has 232 valence electrons. The van der Waals surface area contributed by atoms with Crippen LogP contribution in [0.3, 0.4) is 0 Å². The molecule has 1 fully saturated rings. The number of rotatable bonds is 1. The molecule has 1 unspecified atom stereocenters. The molecule has 1 amide bonds. The molecule has 2 bridgehead atoms. The van der Waals surface area contributed by atoms with Crippen molar-refractivity contribution >= 4 is 38.8 Å². The predicted molar refractivity (Wildman–Crippen MR) is 177 cm³/mol. The average molecular weight is 625 g/mol. The number of carbonyl (C=O) groups is 1. The predicted octanol–water partition coefficient (Wildman–Crippen LogP) is 6.18. The highest BCUT2D eigenvalue weighted by molar-refractivity contribution is 7.99. The van der Waals surface area contributed by atoms with Crippen molar-refractivity contribution < 1.29 is 18.8 Å². The van der Waals surface area contributed by atoms with Crippen LogP contribution in [-0.4, -0.2) is 52.1 Å². The van der Waals surface area contributed by atoms with Crippen molar-refractivity contribution in [2.75, 3.05) is 24.6 Å². The lowest BCUT2D eigenvalue weighted by atomic mass is 9.68. The Morgan fingerprint density at radius 3 is 2.77 bits per heavy atom. The van der Waals surface area contributed by atoms with Crippen LogP contribution in [0, 0.1) is 23.7 Å². The fourth-order valence-electron chi connectivity index (χ4n) is 8.27. The molecule has 8 heteroatoms. The minimum atomic E-state index is -2.97. The molecule has 4 aliphatic rings. The van der Waals surface area contributed by atoms with Gasteiger partial charge in [-0.15, -0.1) is 0 Å². The summed E-state index contributed by atoms with van der Waals surface area (Å²) in [5.41, 5.74) is 3.67. The zero-order valence-corrected chi connectivity index (χ0v) is 27.1. The number of hydrogen-bond acceptors (Lipinski definition) is 5. The third kappa shape index (κ3) is 5.85. The Balaban J connectivity index is 1.43. The fraction of sp³-hybridized carbons (Fsp3) is 0.543. The van der Waals surface area contributed by atoms with Gasteiger partial charge in [-0.1, -0.05) is 50.6 Å². The summed E-state index contributed by atoms with van der Waals surface area (Å²) >= 11 is 6.41. The molecule has 2 aromatic rings. The lowest BCUT2D eigenvalue weighted by Crippen LogP contribution is -2.49. The summed E-state index contributed by atoms with van der Waals surface area (Å²) in [7, 11) is -2.97. The van der Waals surface area contributed by atoms with Crippen molar-refractivity contribution in [3.8, 4) is 5.75 Å². The minimum absolute atomic E-state index is 0.0132. The Morgan fingerprint density at radius 2 is 2.02 bits per heavy atom. The SMILES string of the molecule is C=S1(=O)NC(=O)c2ccc3c(c2)N(C[C@@H]2CC[C@H]2[C@@H](O)/C=C/C[C@H](C)[C@H]1C(C)C)C[C@@]1(CCCc2cc(Cl)ccc21)CO3. The molecular formula is C35H45ClN2O4S. The quantitative estimate of drug-likeness (QED) is 0.293. The van der Waals surface area contributed by atoms with Crippen molar-refractivity contribution in [2.45, 2.75) is 76.1 Å². The number of amides is 1. The number of fused-ring (bicyclic) bond motifs is 4. The molecule has 1 saturated carbocycles. The van der Waals surface area contributed by atoms with Gasteiger partial charge in [0, 0.05) is 29.1 Å². The van der Waals surface area contributed by atoms with E-state index in [-0.39, 0.29) is 34.3 Å². The van der Waals surface area contributed by atoms with Crippen molar-refractivity contribution in [1.82, 2.24) is 4.72 Å². The Hall–Kier alpha value is -2.48. The molecule has 7 atom stereocenters. The number of nitrogens with zero attached hydrogens (tertiary/aromatic N) is 1. The average Bonchev–Trinajstić information content (AvgIpc) is 3.07. The number of aliphatic hydroxyl groups is 1. The highest BCUT2D eigenvalue weighted by Crippen LogP contribution is 2.46. The first-order chi connectivity index (χ1) is 20.5. The smallest absolute Gasteiger partial charge is 0.262 e. The molecule has 2 N–H and O–H groups in total. The molecule has 6 nitrogen and oxygen atoms in total. The molecule has 2 aliphatic heterocycles. The fourth-order valence-corrected chi connectivity index (χ4v) is 10.8. The maximum Gasteiger partial charge on any atom is 0.262 e. The van der Waals surface area contributed by atoms with Gasteiger partial charge in [0.15, 0.2) is 0 Å². The van der Waals surface area contributed by atoms with Crippen LogP contribution in [0.15, 0.2) is 48.6 Å². The number of nitrogens with one attached hydrogen (secondary N) is 1. The topological polar surface area (TPSA) is 78.9 Å². The van der Waals surface area contributed by atoms with E-state index in [1.54, 1.807) is 6.07 Å². The second-order valence-corrected chi connectivity index (χ2v) is 16.4. The van der Waals surface area contributed by atoms with Gasteiger partial charge in [0.05, 0.1) is 33.4 Å². The van der Waals surface area contributed by atoms with Crippen molar-refractivity contribution in [3.63, 3.8) is 0 Å². The Bertz CT molecular complexity index is 1520. The first-order valence-electron chi connectivity index (χ1n) is 15.8. The third-order valence-corrected chi connectivity index (χ3v) is 13.1. The molecule has 2 aromatic carbocycles. The highest BCUT2D eigenvalue weighted by atomic mass is 35.5. The number of carbonyl (C=O) groups excluding carboxylic acids is 1. The van der Waals surface area contributed by atoms with Gasteiger partial charge >= 0.3 is 0 Å². The summed E-state index contributed by atoms with van der Waals surface area (Å²) in [6, 6.07) is 11.8. The van der Waals surface area contributed by atoms with Crippen LogP contribution in [0.2, 0.25) is 5.02 Å². The van der Waals surface area contributed by atoms with Gasteiger partial charge in [0.2, 0.25) is 0 Å². The molecule has 2 heterocycles. The van der Waals surface area contributed by atoms with E-state index in [4.69, 9.17) is 16.3 Å². The number of allylic oxidation sites excluding steroid dienone is 1. The number of anilines is 1. The Kier molecular flexibility index (Phi) is 8.38. The zero-order chi connectivity index (χ0) is 30.5. The zero-order valence-electron chi connectivity index (χ0n) is 25.6. The molecule has 0 saturated heterocycles. The van der Waals surface area contributed by atoms with Crippen molar-refractivity contribution in [2.24, 2.45) is 23.7 Å². The molecule has 2 aliphatic carbocycles. The van der Waals surface area contributed by atoms with Crippen LogP contribution in [0.4, 0.5) is 5.69 Å². The molecule has 6 rings (SSSR count). The van der Waals surface area contributed by atoms with Crippen LogP contribution in [0.1, 0.15) is 74.4 Å². The van der Waals surface area contributed by atoms with Gasteiger partial charge < -0.3 is 14.7 Å². The van der Waals surface area contributed by atoms with Crippen LogP contribution in [0.5, 0.6) is 5.75 Å². The molecular weight excluding hydrogens is 580 g/mol. The lowest BCUT2D eigenvalue weighted by Gasteiger charge is -2.45. The number of ether oxygens (including phenoxy) is 1. The molecule has 0 aromatic heterocycles. The van der Waals surface area contributed by atoms with E-state index in [9.17, 15) is 14.1 Å². The maximum absolute atomic E-state index is 14.0. The van der Waals surface area contributed by atoms with E-state index in [0.717, 1.165) is 61.7 Å². The highest BCUT2D eigenvalue weighted by Gasteiger charge is 2.44. The minimum Gasteiger partial charge on any atom is -0.490 e. The third-order valence-electron chi connectivity index (χ3n) is 10.4. The van der Waals surface area contributed by atoms with Crippen LogP contribution in [-0.2, 0) is 21.5 Å². The van der Waals surface area contributed by atoms with Gasteiger partial charge in [0.1, 0.15) is 5.75 Å². The molecule has 43 heavy (non-hydrogen) atoms. The normalized spacial score (nSPS) is 35.2. The van der Waals surface area contributed by atoms with Gasteiger partial charge in [-0.25, -0.2) is 4.21 Å². The van der Waals surface area contributed by atoms with E-state index in [1.807, 2.05) is 44.2 Å². The summed E-state index contributed by atoms with van der Waals surface area (Å²) in [6.07, 6.45) is 9.18. The Morgan fingerprint density at radius 1 is 1.21 bits per heavy atom. The van der Waals surface area contributed by atoms with E-state index in [2.05, 4.69) is 34.5 Å². The first-order valence-corrected chi connectivity index (χ1v) is 18.0. The summed E-state index contributed by atoms with van der Waals surface area (Å²) in [6.45, 7) is 8.15. The van der Waals surface area contributed by atoms with Crippen LogP contribution >= 0.6 is 11.6 Å². The molecule has 0 radical (unpaired) electrons. The lowest BCUT2D eigenvalue weighted by molar-refractivity contribution is 0.0455. The summed E-state index contributed by atoms with van der Waals surface area (Å²) in [4.78, 5) is 16.1. The number of benzene rings is 2. The van der Waals surface area contributed by atoms with Gasteiger partial charge in [-0.3, -0.25) is 9.52 Å². The van der Waals surface area contributed by atoms with E-state index in [1.165, 1.54) is 11.1 Å². The Labute approximate surface area is 262 Å². The summed E-state index contributed by atoms with van der Waals surface area (Å²) < 4.78 is 23.4. The van der Waals surface area contributed by atoms with Gasteiger partial charge in [-0.05, 0) is 110 Å². The summed E-state index contributed by atoms with van der Waals surface area (Å²) in [5, 5.41) is 11.7. The second-order valence-electron chi connectivity index (χ2n) is 13.8. The monoisotopic (exact) mass is 624 g/mol. The van der Waals surface area contributed by atoms with E-state index < -0.39 is 15.8 Å². The van der Waals surface area contributed by atoms with Gasteiger partial charge in [-0.2, -0.15) is 0 Å². The van der Waals surface area contributed by atoms with Gasteiger partial charge in [0.25, 0.3) is 5.91 Å². The number of aryl methyl sites for hydroxylation is 1. The van der Waals surface area contributed by atoms with E-state index in [0.29, 0.717) is 24.5 Å². The maximum atomic E-state index is 14.0. The number of aliphatic hydroxyl groups excluding tert-OH is 1. The van der Waals surface area contributed by atoms with Crippen LogP contribution < -0.4 is 14.4 Å². The van der Waals surface area contributed by atoms with E-state index >= 15 is 0 Å². The standard InChI is InChI=1S/C35H45ClN2O4S/c1-22(2)33-23(3)7-5-9-31(39)28-13-10-26(28)19-38-20-35(16-6-8-24-17-27(36)12-14-29(24)35)21-42-32-15-11-25(18-30(32)38)34(40)37-43(33,4)41/h5,9,11-12,14-15,17-18,22-23,26,28,31,33,39H,4,6-8,10,13,16,19-21H2,1-3H3,(H,37,40,41)/b9-5+/t23-,26-,28+,31-,33+,35-,43?/m0/s1. The molecule has 1 spiro atoms. The first kappa shape index (κ1) is 30.5. The van der Waals surface area contributed by atoms with Crippen molar-refractivity contribution in [3.05, 3.63) is 70.3 Å². The summed E-state index contributed by atoms with van der Waals surface area (Å²) in [5.74, 6) is 4.98. The van der Waals surface area contributed by atoms with Crippen LogP contribution in [0.25, 0.3) is 0 Å². The number of halogens is 1.